The lowest BCUT2D eigenvalue weighted by atomic mass is 10.1. The molecule has 12 heteroatoms. The predicted molar refractivity (Wildman–Crippen MR) is 91.3 cm³/mol. The molecule has 152 valence electrons. The Hall–Kier alpha value is -4.03. The summed E-state index contributed by atoms with van der Waals surface area (Å²) in [7, 11) is 0. The van der Waals surface area contributed by atoms with Crippen LogP contribution >= 0.6 is 0 Å². The molecule has 0 aliphatic heterocycles. The second-order valence-electron chi connectivity index (χ2n) is 5.37. The molecular weight excluding hydrogens is 394 g/mol. The van der Waals surface area contributed by atoms with Crippen LogP contribution in [-0.2, 0) is 21.1 Å². The normalized spacial score (nSPS) is 10.3. The SMILES string of the molecule is O=C(O)c1cc(O)ccc1COOCOC(=O)c1cc([N+](=O)[O-])ccc1C(=O)O. The first-order valence-electron chi connectivity index (χ1n) is 7.69. The topological polar surface area (TPSA) is 183 Å². The quantitative estimate of drug-likeness (QED) is 0.138. The van der Waals surface area contributed by atoms with Crippen LogP contribution in [0.15, 0.2) is 36.4 Å². The van der Waals surface area contributed by atoms with Crippen molar-refractivity contribution in [1.82, 2.24) is 0 Å². The number of aromatic hydroxyl groups is 1. The summed E-state index contributed by atoms with van der Waals surface area (Å²) in [4.78, 5) is 53.6. The molecule has 2 rings (SSSR count). The summed E-state index contributed by atoms with van der Waals surface area (Å²) in [5, 5.41) is 38.2. The number of nitro groups is 1. The standard InChI is InChI=1S/C17H13NO11/c19-11-3-1-9(13(6-11)16(22)23)7-28-29-8-27-17(24)14-5-10(18(25)26)2-4-12(14)15(20)21/h1-6,19H,7-8H2,(H,20,21)(H,22,23). The predicted octanol–water partition coefficient (Wildman–Crippen LogP) is 1.96. The van der Waals surface area contributed by atoms with Crippen molar-refractivity contribution in [3.05, 3.63) is 68.8 Å². The molecule has 12 nitrogen and oxygen atoms in total. The molecule has 0 unspecified atom stereocenters. The minimum Gasteiger partial charge on any atom is -0.508 e. The molecule has 0 spiro atoms. The summed E-state index contributed by atoms with van der Waals surface area (Å²) < 4.78 is 4.66. The fraction of sp³-hybridized carbons (Fsp3) is 0.118. The van der Waals surface area contributed by atoms with Crippen LogP contribution in [0.1, 0.15) is 36.6 Å². The number of esters is 1. The maximum Gasteiger partial charge on any atom is 0.341 e. The Morgan fingerprint density at radius 2 is 1.62 bits per heavy atom. The lowest BCUT2D eigenvalue weighted by Gasteiger charge is -2.09. The third kappa shape index (κ3) is 5.47. The van der Waals surface area contributed by atoms with Gasteiger partial charge in [-0.05, 0) is 23.8 Å². The Bertz CT molecular complexity index is 970. The molecule has 0 atom stereocenters. The number of hydrogen-bond acceptors (Lipinski definition) is 9. The first-order chi connectivity index (χ1) is 13.7. The van der Waals surface area contributed by atoms with Gasteiger partial charge in [0.1, 0.15) is 12.4 Å². The lowest BCUT2D eigenvalue weighted by molar-refractivity contribution is -0.384. The first kappa shape index (κ1) is 21.3. The number of nitro benzene ring substituents is 1. The number of carbonyl (C=O) groups is 3. The van der Waals surface area contributed by atoms with E-state index in [1.54, 1.807) is 0 Å². The summed E-state index contributed by atoms with van der Waals surface area (Å²) in [6.07, 6.45) is 0. The van der Waals surface area contributed by atoms with Crippen molar-refractivity contribution in [1.29, 1.82) is 0 Å². The summed E-state index contributed by atoms with van der Waals surface area (Å²) in [6.45, 7) is -1.17. The molecule has 2 aromatic rings. The van der Waals surface area contributed by atoms with Gasteiger partial charge in [-0.2, -0.15) is 4.89 Å². The third-order valence-electron chi connectivity index (χ3n) is 3.52. The third-order valence-corrected chi connectivity index (χ3v) is 3.52. The van der Waals surface area contributed by atoms with Gasteiger partial charge in [-0.3, -0.25) is 10.1 Å². The van der Waals surface area contributed by atoms with Gasteiger partial charge in [-0.1, -0.05) is 6.07 Å². The second kappa shape index (κ2) is 9.25. The van der Waals surface area contributed by atoms with Crippen molar-refractivity contribution >= 4 is 23.6 Å². The van der Waals surface area contributed by atoms with Crippen LogP contribution in [-0.4, -0.2) is 44.9 Å². The number of nitrogens with zero attached hydrogens (tertiary/aromatic N) is 1. The summed E-state index contributed by atoms with van der Waals surface area (Å²) in [5.41, 5.74) is -1.63. The maximum atomic E-state index is 12.0. The van der Waals surface area contributed by atoms with Gasteiger partial charge in [0, 0.05) is 12.1 Å². The van der Waals surface area contributed by atoms with Crippen LogP contribution in [0.3, 0.4) is 0 Å². The Balaban J connectivity index is 1.96. The largest absolute Gasteiger partial charge is 0.508 e. The Labute approximate surface area is 161 Å². The van der Waals surface area contributed by atoms with E-state index in [-0.39, 0.29) is 23.5 Å². The molecule has 0 aliphatic rings. The number of rotatable bonds is 9. The zero-order valence-corrected chi connectivity index (χ0v) is 14.4. The van der Waals surface area contributed by atoms with E-state index < -0.39 is 46.4 Å². The fourth-order valence-corrected chi connectivity index (χ4v) is 2.19. The van der Waals surface area contributed by atoms with Gasteiger partial charge >= 0.3 is 17.9 Å². The van der Waals surface area contributed by atoms with Crippen molar-refractivity contribution in [3.63, 3.8) is 0 Å². The zero-order valence-electron chi connectivity index (χ0n) is 14.4. The number of benzene rings is 2. The maximum absolute atomic E-state index is 12.0. The van der Waals surface area contributed by atoms with Crippen molar-refractivity contribution in [2.75, 3.05) is 6.79 Å². The van der Waals surface area contributed by atoms with E-state index in [2.05, 4.69) is 9.62 Å². The van der Waals surface area contributed by atoms with Crippen molar-refractivity contribution in [2.45, 2.75) is 6.61 Å². The van der Waals surface area contributed by atoms with Crippen molar-refractivity contribution in [2.24, 2.45) is 0 Å². The number of carboxylic acids is 2. The van der Waals surface area contributed by atoms with Gasteiger partial charge in [0.15, 0.2) is 0 Å². The molecule has 2 aromatic carbocycles. The molecule has 0 fully saturated rings. The average molecular weight is 407 g/mol. The lowest BCUT2D eigenvalue weighted by Crippen LogP contribution is -2.14. The fourth-order valence-electron chi connectivity index (χ4n) is 2.19. The summed E-state index contributed by atoms with van der Waals surface area (Å²) in [6, 6.07) is 6.11. The van der Waals surface area contributed by atoms with Gasteiger partial charge in [-0.15, -0.1) is 0 Å². The minimum atomic E-state index is -1.49. The van der Waals surface area contributed by atoms with Gasteiger partial charge in [-0.25, -0.2) is 19.3 Å². The van der Waals surface area contributed by atoms with E-state index in [0.717, 1.165) is 24.3 Å². The number of phenols is 1. The van der Waals surface area contributed by atoms with E-state index in [0.29, 0.717) is 0 Å². The number of hydrogen-bond donors (Lipinski definition) is 3. The molecular formula is C17H13NO11. The minimum absolute atomic E-state index is 0.161. The summed E-state index contributed by atoms with van der Waals surface area (Å²) >= 11 is 0. The monoisotopic (exact) mass is 407 g/mol. The van der Waals surface area contributed by atoms with E-state index >= 15 is 0 Å². The van der Waals surface area contributed by atoms with Crippen molar-refractivity contribution < 1.29 is 49.1 Å². The van der Waals surface area contributed by atoms with Crippen molar-refractivity contribution in [3.8, 4) is 5.75 Å². The molecule has 0 saturated carbocycles. The Morgan fingerprint density at radius 3 is 2.24 bits per heavy atom. The molecule has 0 heterocycles. The number of carbonyl (C=O) groups excluding carboxylic acids is 1. The smallest absolute Gasteiger partial charge is 0.341 e. The van der Waals surface area contributed by atoms with E-state index in [9.17, 15) is 29.6 Å². The van der Waals surface area contributed by atoms with Crippen LogP contribution in [0, 0.1) is 10.1 Å². The number of non-ortho nitro benzene ring substituents is 1. The number of ether oxygens (including phenoxy) is 1. The molecule has 0 bridgehead atoms. The van der Waals surface area contributed by atoms with Crippen LogP contribution in [0.5, 0.6) is 5.75 Å². The molecule has 29 heavy (non-hydrogen) atoms. The molecule has 0 radical (unpaired) electrons. The van der Waals surface area contributed by atoms with Crippen LogP contribution in [0.2, 0.25) is 0 Å². The highest BCUT2D eigenvalue weighted by molar-refractivity contribution is 6.03. The van der Waals surface area contributed by atoms with E-state index in [1.165, 1.54) is 12.1 Å². The van der Waals surface area contributed by atoms with E-state index in [4.69, 9.17) is 15.1 Å². The van der Waals surface area contributed by atoms with Crippen LogP contribution < -0.4 is 0 Å². The Morgan fingerprint density at radius 1 is 0.931 bits per heavy atom. The Kier molecular flexibility index (Phi) is 6.79. The van der Waals surface area contributed by atoms with Gasteiger partial charge < -0.3 is 20.1 Å². The highest BCUT2D eigenvalue weighted by Gasteiger charge is 2.22. The first-order valence-corrected chi connectivity index (χ1v) is 7.69. The highest BCUT2D eigenvalue weighted by Crippen LogP contribution is 2.20. The van der Waals surface area contributed by atoms with Crippen LogP contribution in [0.25, 0.3) is 0 Å². The number of aromatic carboxylic acids is 2. The summed E-state index contributed by atoms with van der Waals surface area (Å²) in [5.74, 6) is -4.26. The molecule has 3 N–H and O–H groups in total. The number of carboxylic acid groups (broad SMARTS) is 2. The van der Waals surface area contributed by atoms with Gasteiger partial charge in [0.25, 0.3) is 5.69 Å². The van der Waals surface area contributed by atoms with E-state index in [1.807, 2.05) is 0 Å². The second-order valence-corrected chi connectivity index (χ2v) is 5.37. The average Bonchev–Trinajstić information content (AvgIpc) is 2.67. The molecule has 0 aromatic heterocycles. The molecule has 0 saturated heterocycles. The zero-order chi connectivity index (χ0) is 21.6. The molecule has 0 aliphatic carbocycles. The van der Waals surface area contributed by atoms with Gasteiger partial charge in [0.05, 0.1) is 21.6 Å². The number of phenolic OH excluding ortho intramolecular Hbond substituents is 1. The van der Waals surface area contributed by atoms with Gasteiger partial charge in [0.2, 0.25) is 6.79 Å². The molecule has 0 amide bonds. The highest BCUT2D eigenvalue weighted by atomic mass is 17.2. The van der Waals surface area contributed by atoms with Crippen LogP contribution in [0.4, 0.5) is 5.69 Å².